The Labute approximate surface area is 124 Å². The minimum Gasteiger partial charge on any atom is -0.451 e. The third-order valence-electron chi connectivity index (χ3n) is 3.20. The highest BCUT2D eigenvalue weighted by atomic mass is 32.1. The summed E-state index contributed by atoms with van der Waals surface area (Å²) in [6.45, 7) is 4.00. The third kappa shape index (κ3) is 2.67. The summed E-state index contributed by atoms with van der Waals surface area (Å²) in [5, 5.41) is 6.23. The van der Waals surface area contributed by atoms with E-state index in [1.807, 2.05) is 12.3 Å². The van der Waals surface area contributed by atoms with Crippen molar-refractivity contribution in [2.75, 3.05) is 0 Å². The quantitative estimate of drug-likeness (QED) is 0.804. The molecule has 0 aliphatic rings. The highest BCUT2D eigenvalue weighted by Gasteiger charge is 2.18. The van der Waals surface area contributed by atoms with E-state index in [0.29, 0.717) is 23.1 Å². The molecule has 6 heteroatoms. The number of carbonyl (C=O) groups is 1. The van der Waals surface area contributed by atoms with Crippen LogP contribution < -0.4 is 5.32 Å². The standard InChI is InChI=1S/C15H13FN2O2S/c1-8-12-5-10(16)3-4-13(12)20-14(8)15(19)17-6-11-7-21-9(2)18-11/h3-5,7H,6H2,1-2H3,(H,17,19). The minimum absolute atomic E-state index is 0.211. The van der Waals surface area contributed by atoms with Crippen LogP contribution in [0, 0.1) is 19.7 Å². The molecule has 0 bridgehead atoms. The first-order chi connectivity index (χ1) is 10.0. The van der Waals surface area contributed by atoms with Crippen LogP contribution >= 0.6 is 11.3 Å². The van der Waals surface area contributed by atoms with E-state index in [1.165, 1.54) is 29.5 Å². The highest BCUT2D eigenvalue weighted by molar-refractivity contribution is 7.09. The number of rotatable bonds is 3. The number of aromatic nitrogens is 1. The smallest absolute Gasteiger partial charge is 0.287 e. The van der Waals surface area contributed by atoms with Gasteiger partial charge in [-0.05, 0) is 32.0 Å². The molecule has 0 aliphatic heterocycles. The predicted molar refractivity (Wildman–Crippen MR) is 78.9 cm³/mol. The van der Waals surface area contributed by atoms with Crippen LogP contribution in [0.25, 0.3) is 11.0 Å². The molecule has 4 nitrogen and oxygen atoms in total. The lowest BCUT2D eigenvalue weighted by molar-refractivity contribution is 0.0924. The molecular weight excluding hydrogens is 291 g/mol. The first kappa shape index (κ1) is 13.8. The number of fused-ring (bicyclic) bond motifs is 1. The monoisotopic (exact) mass is 304 g/mol. The number of thiazole rings is 1. The number of amides is 1. The Kier molecular flexibility index (Phi) is 3.47. The van der Waals surface area contributed by atoms with E-state index in [-0.39, 0.29) is 17.5 Å². The molecule has 0 atom stereocenters. The summed E-state index contributed by atoms with van der Waals surface area (Å²) < 4.78 is 18.8. The van der Waals surface area contributed by atoms with Gasteiger partial charge in [0.2, 0.25) is 0 Å². The Morgan fingerprint density at radius 1 is 1.43 bits per heavy atom. The molecule has 2 aromatic heterocycles. The van der Waals surface area contributed by atoms with Crippen LogP contribution in [0.15, 0.2) is 28.0 Å². The van der Waals surface area contributed by atoms with Crippen molar-refractivity contribution in [3.63, 3.8) is 0 Å². The number of nitrogens with zero attached hydrogens (tertiary/aromatic N) is 1. The zero-order valence-corrected chi connectivity index (χ0v) is 12.4. The first-order valence-corrected chi connectivity index (χ1v) is 7.30. The lowest BCUT2D eigenvalue weighted by Crippen LogP contribution is -2.23. The Bertz CT molecular complexity index is 822. The number of benzene rings is 1. The van der Waals surface area contributed by atoms with Crippen molar-refractivity contribution in [2.24, 2.45) is 0 Å². The van der Waals surface area contributed by atoms with Gasteiger partial charge in [0.1, 0.15) is 11.4 Å². The molecule has 3 aromatic rings. The van der Waals surface area contributed by atoms with Gasteiger partial charge in [-0.3, -0.25) is 4.79 Å². The summed E-state index contributed by atoms with van der Waals surface area (Å²) in [7, 11) is 0. The van der Waals surface area contributed by atoms with E-state index < -0.39 is 0 Å². The molecule has 0 radical (unpaired) electrons. The molecule has 2 heterocycles. The Hall–Kier alpha value is -2.21. The van der Waals surface area contributed by atoms with Gasteiger partial charge in [-0.2, -0.15) is 0 Å². The first-order valence-electron chi connectivity index (χ1n) is 6.42. The average molecular weight is 304 g/mol. The lowest BCUT2D eigenvalue weighted by Gasteiger charge is -2.01. The fraction of sp³-hybridized carbons (Fsp3) is 0.200. The van der Waals surface area contributed by atoms with E-state index in [1.54, 1.807) is 6.92 Å². The number of aryl methyl sites for hydroxylation is 2. The van der Waals surface area contributed by atoms with E-state index >= 15 is 0 Å². The second-order valence-electron chi connectivity index (χ2n) is 4.74. The molecule has 0 saturated carbocycles. The summed E-state index contributed by atoms with van der Waals surface area (Å²) in [5.41, 5.74) is 1.95. The van der Waals surface area contributed by atoms with Crippen molar-refractivity contribution in [3.8, 4) is 0 Å². The number of furan rings is 1. The van der Waals surface area contributed by atoms with E-state index in [0.717, 1.165) is 10.7 Å². The second kappa shape index (κ2) is 5.29. The van der Waals surface area contributed by atoms with Gasteiger partial charge in [0.25, 0.3) is 5.91 Å². The lowest BCUT2D eigenvalue weighted by atomic mass is 10.1. The summed E-state index contributed by atoms with van der Waals surface area (Å²) in [6, 6.07) is 4.21. The molecule has 21 heavy (non-hydrogen) atoms. The Morgan fingerprint density at radius 3 is 2.95 bits per heavy atom. The highest BCUT2D eigenvalue weighted by Crippen LogP contribution is 2.25. The molecule has 3 rings (SSSR count). The molecule has 1 amide bonds. The Morgan fingerprint density at radius 2 is 2.24 bits per heavy atom. The predicted octanol–water partition coefficient (Wildman–Crippen LogP) is 3.58. The molecule has 0 spiro atoms. The number of carbonyl (C=O) groups excluding carboxylic acids is 1. The maximum absolute atomic E-state index is 13.2. The van der Waals surface area contributed by atoms with E-state index in [2.05, 4.69) is 10.3 Å². The third-order valence-corrected chi connectivity index (χ3v) is 4.02. The zero-order valence-electron chi connectivity index (χ0n) is 11.6. The summed E-state index contributed by atoms with van der Waals surface area (Å²) in [6.07, 6.45) is 0. The van der Waals surface area contributed by atoms with Gasteiger partial charge in [0.05, 0.1) is 17.2 Å². The van der Waals surface area contributed by atoms with Crippen LogP contribution in [0.3, 0.4) is 0 Å². The molecular formula is C15H13FN2O2S. The number of nitrogens with one attached hydrogen (secondary N) is 1. The normalized spacial score (nSPS) is 11.0. The summed E-state index contributed by atoms with van der Waals surface area (Å²) >= 11 is 1.53. The van der Waals surface area contributed by atoms with Crippen molar-refractivity contribution >= 4 is 28.2 Å². The van der Waals surface area contributed by atoms with Crippen molar-refractivity contribution in [3.05, 3.63) is 51.4 Å². The zero-order chi connectivity index (χ0) is 15.0. The van der Waals surface area contributed by atoms with Crippen LogP contribution in [-0.2, 0) is 6.54 Å². The van der Waals surface area contributed by atoms with Crippen LogP contribution in [-0.4, -0.2) is 10.9 Å². The van der Waals surface area contributed by atoms with Gasteiger partial charge in [-0.15, -0.1) is 11.3 Å². The largest absolute Gasteiger partial charge is 0.451 e. The molecule has 0 unspecified atom stereocenters. The summed E-state index contributed by atoms with van der Waals surface area (Å²) in [4.78, 5) is 16.5. The molecule has 1 N–H and O–H groups in total. The molecule has 1 aromatic carbocycles. The minimum atomic E-state index is -0.351. The van der Waals surface area contributed by atoms with E-state index in [9.17, 15) is 9.18 Å². The maximum Gasteiger partial charge on any atom is 0.287 e. The SMILES string of the molecule is Cc1nc(CNC(=O)c2oc3ccc(F)cc3c2C)cs1. The van der Waals surface area contributed by atoms with Gasteiger partial charge in [0, 0.05) is 16.3 Å². The van der Waals surface area contributed by atoms with Crippen molar-refractivity contribution in [1.82, 2.24) is 10.3 Å². The summed E-state index contributed by atoms with van der Waals surface area (Å²) in [5.74, 6) is -0.464. The van der Waals surface area contributed by atoms with Crippen LogP contribution in [0.2, 0.25) is 0 Å². The van der Waals surface area contributed by atoms with Crippen molar-refractivity contribution in [1.29, 1.82) is 0 Å². The van der Waals surface area contributed by atoms with Gasteiger partial charge in [-0.1, -0.05) is 0 Å². The van der Waals surface area contributed by atoms with Crippen molar-refractivity contribution in [2.45, 2.75) is 20.4 Å². The average Bonchev–Trinajstić information content (AvgIpc) is 3.01. The van der Waals surface area contributed by atoms with Crippen LogP contribution in [0.4, 0.5) is 4.39 Å². The Balaban J connectivity index is 1.82. The van der Waals surface area contributed by atoms with Crippen LogP contribution in [0.1, 0.15) is 26.8 Å². The van der Waals surface area contributed by atoms with Gasteiger partial charge < -0.3 is 9.73 Å². The van der Waals surface area contributed by atoms with Crippen molar-refractivity contribution < 1.29 is 13.6 Å². The van der Waals surface area contributed by atoms with Gasteiger partial charge in [0.15, 0.2) is 5.76 Å². The maximum atomic E-state index is 13.2. The number of hydrogen-bond donors (Lipinski definition) is 1. The number of hydrogen-bond acceptors (Lipinski definition) is 4. The van der Waals surface area contributed by atoms with Crippen LogP contribution in [0.5, 0.6) is 0 Å². The topological polar surface area (TPSA) is 55.1 Å². The molecule has 0 aliphatic carbocycles. The molecule has 0 fully saturated rings. The fourth-order valence-corrected chi connectivity index (χ4v) is 2.76. The van der Waals surface area contributed by atoms with Gasteiger partial charge in [-0.25, -0.2) is 9.37 Å². The molecule has 108 valence electrons. The fourth-order valence-electron chi connectivity index (χ4n) is 2.15. The number of halogens is 1. The van der Waals surface area contributed by atoms with Gasteiger partial charge >= 0.3 is 0 Å². The second-order valence-corrected chi connectivity index (χ2v) is 5.80. The van der Waals surface area contributed by atoms with E-state index in [4.69, 9.17) is 4.42 Å². The molecule has 0 saturated heterocycles.